The fourth-order valence-corrected chi connectivity index (χ4v) is 2.24. The maximum absolute atomic E-state index is 5.20. The topological polar surface area (TPSA) is 21.3 Å². The minimum Gasteiger partial charge on any atom is -0.497 e. The number of ether oxygens (including phenoxy) is 1. The number of hydrogen-bond donors (Lipinski definition) is 1. The Morgan fingerprint density at radius 1 is 1.40 bits per heavy atom. The molecule has 0 aromatic heterocycles. The predicted molar refractivity (Wildman–Crippen MR) is 63.3 cm³/mol. The molecule has 1 aromatic rings. The first-order chi connectivity index (χ1) is 7.13. The van der Waals surface area contributed by atoms with Gasteiger partial charge in [-0.2, -0.15) is 0 Å². The summed E-state index contributed by atoms with van der Waals surface area (Å²) < 4.78 is 5.20. The molecule has 0 fully saturated rings. The summed E-state index contributed by atoms with van der Waals surface area (Å²) in [5, 5.41) is 3.33. The van der Waals surface area contributed by atoms with Crippen molar-refractivity contribution in [3.63, 3.8) is 0 Å². The van der Waals surface area contributed by atoms with Gasteiger partial charge in [-0.05, 0) is 17.5 Å². The molecule has 0 spiro atoms. The van der Waals surface area contributed by atoms with Crippen LogP contribution in [0.25, 0.3) is 0 Å². The molecule has 1 atom stereocenters. The Morgan fingerprint density at radius 2 is 2.13 bits per heavy atom. The third-order valence-electron chi connectivity index (χ3n) is 2.93. The first kappa shape index (κ1) is 10.1. The first-order valence-corrected chi connectivity index (χ1v) is 5.27. The van der Waals surface area contributed by atoms with Crippen LogP contribution >= 0.6 is 0 Å². The van der Waals surface area contributed by atoms with E-state index in [1.807, 2.05) is 12.1 Å². The summed E-state index contributed by atoms with van der Waals surface area (Å²) in [7, 11) is 1.69. The quantitative estimate of drug-likeness (QED) is 0.795. The highest BCUT2D eigenvalue weighted by Crippen LogP contribution is 2.43. The highest BCUT2D eigenvalue weighted by atomic mass is 16.5. The van der Waals surface area contributed by atoms with Gasteiger partial charge in [-0.3, -0.25) is 0 Å². The van der Waals surface area contributed by atoms with E-state index < -0.39 is 0 Å². The standard InChI is InChI=1S/C13H17NO/c1-8(2)13-9(3)14-12-7-10(15-4)5-6-11(12)13/h5-8,13-14H,3H2,1-2,4H3. The van der Waals surface area contributed by atoms with Crippen LogP contribution in [0.1, 0.15) is 25.3 Å². The van der Waals surface area contributed by atoms with E-state index in [2.05, 4.69) is 31.8 Å². The van der Waals surface area contributed by atoms with Crippen molar-refractivity contribution in [1.82, 2.24) is 0 Å². The Balaban J connectivity index is 2.43. The lowest BCUT2D eigenvalue weighted by Crippen LogP contribution is -2.05. The van der Waals surface area contributed by atoms with E-state index in [0.29, 0.717) is 11.8 Å². The largest absolute Gasteiger partial charge is 0.497 e. The summed E-state index contributed by atoms with van der Waals surface area (Å²) in [5.41, 5.74) is 3.56. The van der Waals surface area contributed by atoms with Crippen LogP contribution in [0.4, 0.5) is 5.69 Å². The monoisotopic (exact) mass is 203 g/mol. The second-order valence-electron chi connectivity index (χ2n) is 4.33. The Labute approximate surface area is 91.0 Å². The normalized spacial score (nSPS) is 18.9. The molecule has 0 aliphatic carbocycles. The molecule has 1 heterocycles. The molecule has 1 aliphatic heterocycles. The van der Waals surface area contributed by atoms with Crippen molar-refractivity contribution >= 4 is 5.69 Å². The van der Waals surface area contributed by atoms with Crippen LogP contribution in [0.5, 0.6) is 5.75 Å². The lowest BCUT2D eigenvalue weighted by Gasteiger charge is -2.15. The van der Waals surface area contributed by atoms with Crippen LogP contribution in [-0.2, 0) is 0 Å². The van der Waals surface area contributed by atoms with Gasteiger partial charge >= 0.3 is 0 Å². The average molecular weight is 203 g/mol. The van der Waals surface area contributed by atoms with E-state index >= 15 is 0 Å². The van der Waals surface area contributed by atoms with Crippen molar-refractivity contribution < 1.29 is 4.74 Å². The molecule has 0 amide bonds. The van der Waals surface area contributed by atoms with Crippen LogP contribution in [0.15, 0.2) is 30.5 Å². The van der Waals surface area contributed by atoms with Crippen molar-refractivity contribution in [2.45, 2.75) is 19.8 Å². The van der Waals surface area contributed by atoms with Gasteiger partial charge in [0.2, 0.25) is 0 Å². The molecule has 1 unspecified atom stereocenters. The predicted octanol–water partition coefficient (Wildman–Crippen LogP) is 3.37. The Kier molecular flexibility index (Phi) is 2.43. The summed E-state index contributed by atoms with van der Waals surface area (Å²) in [6, 6.07) is 6.17. The van der Waals surface area contributed by atoms with E-state index in [0.717, 1.165) is 17.1 Å². The van der Waals surface area contributed by atoms with Crippen molar-refractivity contribution in [3.05, 3.63) is 36.0 Å². The number of anilines is 1. The van der Waals surface area contributed by atoms with Crippen molar-refractivity contribution in [3.8, 4) is 5.75 Å². The number of nitrogens with one attached hydrogen (secondary N) is 1. The zero-order valence-electron chi connectivity index (χ0n) is 9.50. The van der Waals surface area contributed by atoms with E-state index in [4.69, 9.17) is 4.74 Å². The average Bonchev–Trinajstić information content (AvgIpc) is 2.52. The maximum atomic E-state index is 5.20. The van der Waals surface area contributed by atoms with E-state index in [9.17, 15) is 0 Å². The van der Waals surface area contributed by atoms with E-state index in [-0.39, 0.29) is 0 Å². The van der Waals surface area contributed by atoms with Crippen molar-refractivity contribution in [1.29, 1.82) is 0 Å². The van der Waals surface area contributed by atoms with Crippen LogP contribution in [0.3, 0.4) is 0 Å². The first-order valence-electron chi connectivity index (χ1n) is 5.27. The van der Waals surface area contributed by atoms with Gasteiger partial charge in [0.05, 0.1) is 7.11 Å². The highest BCUT2D eigenvalue weighted by molar-refractivity contribution is 5.67. The van der Waals surface area contributed by atoms with E-state index in [1.54, 1.807) is 7.11 Å². The Morgan fingerprint density at radius 3 is 2.73 bits per heavy atom. The highest BCUT2D eigenvalue weighted by Gasteiger charge is 2.28. The Bertz CT molecular complexity index is 396. The molecular weight excluding hydrogens is 186 g/mol. The summed E-state index contributed by atoms with van der Waals surface area (Å²) in [6.45, 7) is 8.51. The summed E-state index contributed by atoms with van der Waals surface area (Å²) >= 11 is 0. The lowest BCUT2D eigenvalue weighted by molar-refractivity contribution is 0.415. The van der Waals surface area contributed by atoms with Crippen LogP contribution in [0, 0.1) is 5.92 Å². The molecule has 2 heteroatoms. The molecule has 2 nitrogen and oxygen atoms in total. The molecular formula is C13H17NO. The Hall–Kier alpha value is -1.44. The minimum absolute atomic E-state index is 0.422. The van der Waals surface area contributed by atoms with Gasteiger partial charge in [-0.25, -0.2) is 0 Å². The number of fused-ring (bicyclic) bond motifs is 1. The summed E-state index contributed by atoms with van der Waals surface area (Å²) in [5.74, 6) is 1.88. The number of hydrogen-bond acceptors (Lipinski definition) is 2. The van der Waals surface area contributed by atoms with Gasteiger partial charge in [0.15, 0.2) is 0 Å². The minimum atomic E-state index is 0.422. The second kappa shape index (κ2) is 3.61. The molecule has 1 aliphatic rings. The van der Waals surface area contributed by atoms with E-state index in [1.165, 1.54) is 5.56 Å². The SMILES string of the molecule is C=C1Nc2cc(OC)ccc2C1C(C)C. The van der Waals surface area contributed by atoms with Gasteiger partial charge < -0.3 is 10.1 Å². The molecule has 1 N–H and O–H groups in total. The molecule has 2 rings (SSSR count). The molecule has 80 valence electrons. The van der Waals surface area contributed by atoms with Gasteiger partial charge in [0, 0.05) is 23.4 Å². The van der Waals surface area contributed by atoms with Crippen LogP contribution < -0.4 is 10.1 Å². The van der Waals surface area contributed by atoms with Crippen LogP contribution in [-0.4, -0.2) is 7.11 Å². The number of rotatable bonds is 2. The molecule has 0 saturated heterocycles. The van der Waals surface area contributed by atoms with Crippen molar-refractivity contribution in [2.75, 3.05) is 12.4 Å². The fourth-order valence-electron chi connectivity index (χ4n) is 2.24. The van der Waals surface area contributed by atoms with Gasteiger partial charge in [-0.15, -0.1) is 0 Å². The second-order valence-corrected chi connectivity index (χ2v) is 4.33. The third-order valence-corrected chi connectivity index (χ3v) is 2.93. The molecule has 15 heavy (non-hydrogen) atoms. The molecule has 0 radical (unpaired) electrons. The van der Waals surface area contributed by atoms with Gasteiger partial charge in [-0.1, -0.05) is 26.5 Å². The van der Waals surface area contributed by atoms with Gasteiger partial charge in [0.25, 0.3) is 0 Å². The van der Waals surface area contributed by atoms with Gasteiger partial charge in [0.1, 0.15) is 5.75 Å². The number of benzene rings is 1. The fraction of sp³-hybridized carbons (Fsp3) is 0.385. The molecule has 1 aromatic carbocycles. The number of allylic oxidation sites excluding steroid dienone is 1. The van der Waals surface area contributed by atoms with Crippen LogP contribution in [0.2, 0.25) is 0 Å². The molecule has 0 saturated carbocycles. The zero-order valence-corrected chi connectivity index (χ0v) is 9.50. The third kappa shape index (κ3) is 1.60. The molecule has 0 bridgehead atoms. The summed E-state index contributed by atoms with van der Waals surface area (Å²) in [4.78, 5) is 0. The number of methoxy groups -OCH3 is 1. The zero-order chi connectivity index (χ0) is 11.0. The summed E-state index contributed by atoms with van der Waals surface area (Å²) in [6.07, 6.45) is 0. The maximum Gasteiger partial charge on any atom is 0.120 e. The lowest BCUT2D eigenvalue weighted by atomic mass is 9.88. The van der Waals surface area contributed by atoms with Crippen molar-refractivity contribution in [2.24, 2.45) is 5.92 Å². The smallest absolute Gasteiger partial charge is 0.120 e.